The summed E-state index contributed by atoms with van der Waals surface area (Å²) >= 11 is 3.34. The Kier molecular flexibility index (Phi) is 3.34. The van der Waals surface area contributed by atoms with Crippen molar-refractivity contribution in [3.05, 3.63) is 34.1 Å². The summed E-state index contributed by atoms with van der Waals surface area (Å²) in [4.78, 5) is 0. The third-order valence-electron chi connectivity index (χ3n) is 3.60. The molecule has 1 fully saturated rings. The highest BCUT2D eigenvalue weighted by Gasteiger charge is 2.41. The monoisotopic (exact) mass is 300 g/mol. The molecular weight excluding hydrogens is 283 g/mol. The molecule has 2 rings (SSSR count). The Bertz CT molecular complexity index is 430. The van der Waals surface area contributed by atoms with Gasteiger partial charge in [0.25, 0.3) is 0 Å². The summed E-state index contributed by atoms with van der Waals surface area (Å²) in [6.07, 6.45) is 2.90. The van der Waals surface area contributed by atoms with Crippen molar-refractivity contribution in [3.8, 4) is 0 Å². The minimum absolute atomic E-state index is 0.164. The van der Waals surface area contributed by atoms with Crippen LogP contribution in [0.2, 0.25) is 0 Å². The molecule has 1 atom stereocenters. The van der Waals surface area contributed by atoms with Crippen molar-refractivity contribution < 1.29 is 9.50 Å². The molecule has 0 aliphatic heterocycles. The van der Waals surface area contributed by atoms with E-state index in [1.165, 1.54) is 6.07 Å². The Balaban J connectivity index is 2.18. The Morgan fingerprint density at radius 1 is 1.35 bits per heavy atom. The summed E-state index contributed by atoms with van der Waals surface area (Å²) in [6.45, 7) is 4.31. The summed E-state index contributed by atoms with van der Waals surface area (Å²) in [7, 11) is 0. The molecule has 94 valence electrons. The van der Waals surface area contributed by atoms with Crippen molar-refractivity contribution in [2.75, 3.05) is 0 Å². The number of benzene rings is 1. The lowest BCUT2D eigenvalue weighted by atomic mass is 9.86. The number of rotatable bonds is 2. The minimum Gasteiger partial charge on any atom is -0.390 e. The molecule has 1 saturated carbocycles. The van der Waals surface area contributed by atoms with Gasteiger partial charge in [-0.05, 0) is 48.4 Å². The van der Waals surface area contributed by atoms with Crippen LogP contribution >= 0.6 is 15.9 Å². The first-order valence-electron chi connectivity index (χ1n) is 5.96. The van der Waals surface area contributed by atoms with E-state index in [1.807, 2.05) is 0 Å². The molecule has 1 nitrogen and oxygen atoms in total. The van der Waals surface area contributed by atoms with Gasteiger partial charge in [-0.1, -0.05) is 29.8 Å². The largest absolute Gasteiger partial charge is 0.390 e. The molecule has 0 bridgehead atoms. The highest BCUT2D eigenvalue weighted by molar-refractivity contribution is 9.10. The summed E-state index contributed by atoms with van der Waals surface area (Å²) in [6, 6.07) is 4.89. The van der Waals surface area contributed by atoms with Gasteiger partial charge >= 0.3 is 0 Å². The minimum atomic E-state index is -0.745. The lowest BCUT2D eigenvalue weighted by Crippen LogP contribution is -2.29. The van der Waals surface area contributed by atoms with Gasteiger partial charge in [-0.25, -0.2) is 4.39 Å². The quantitative estimate of drug-likeness (QED) is 0.873. The molecule has 0 radical (unpaired) electrons. The first-order chi connectivity index (χ1) is 7.80. The molecule has 1 aliphatic rings. The van der Waals surface area contributed by atoms with Crippen molar-refractivity contribution in [2.45, 2.75) is 45.1 Å². The predicted octanol–water partition coefficient (Wildman–Crippen LogP) is 4.07. The molecule has 17 heavy (non-hydrogen) atoms. The summed E-state index contributed by atoms with van der Waals surface area (Å²) < 4.78 is 14.5. The average Bonchev–Trinajstić information content (AvgIpc) is 2.47. The van der Waals surface area contributed by atoms with Gasteiger partial charge in [0.2, 0.25) is 0 Å². The maximum Gasteiger partial charge on any atom is 0.126 e. The van der Waals surface area contributed by atoms with E-state index in [-0.39, 0.29) is 11.2 Å². The van der Waals surface area contributed by atoms with Gasteiger partial charge in [-0.2, -0.15) is 0 Å². The van der Waals surface area contributed by atoms with Crippen molar-refractivity contribution in [2.24, 2.45) is 5.41 Å². The van der Waals surface area contributed by atoms with Crippen LogP contribution in [0, 0.1) is 11.2 Å². The van der Waals surface area contributed by atoms with Gasteiger partial charge in [0.15, 0.2) is 0 Å². The maximum absolute atomic E-state index is 13.7. The van der Waals surface area contributed by atoms with Crippen LogP contribution in [-0.4, -0.2) is 10.7 Å². The van der Waals surface area contributed by atoms with Crippen LogP contribution < -0.4 is 0 Å². The van der Waals surface area contributed by atoms with Crippen LogP contribution in [-0.2, 0) is 6.42 Å². The molecule has 0 spiro atoms. The van der Waals surface area contributed by atoms with Gasteiger partial charge < -0.3 is 5.11 Å². The molecule has 0 aromatic heterocycles. The number of hydrogen-bond donors (Lipinski definition) is 1. The Morgan fingerprint density at radius 2 is 2.06 bits per heavy atom. The fourth-order valence-corrected chi connectivity index (χ4v) is 3.23. The average molecular weight is 301 g/mol. The van der Waals surface area contributed by atoms with Crippen LogP contribution in [0.3, 0.4) is 0 Å². The van der Waals surface area contributed by atoms with Gasteiger partial charge in [-0.15, -0.1) is 0 Å². The van der Waals surface area contributed by atoms with Crippen LogP contribution in [0.1, 0.15) is 38.7 Å². The van der Waals surface area contributed by atoms with E-state index >= 15 is 0 Å². The molecule has 1 N–H and O–H groups in total. The third kappa shape index (κ3) is 3.08. The topological polar surface area (TPSA) is 20.2 Å². The summed E-state index contributed by atoms with van der Waals surface area (Å²) in [5, 5.41) is 10.5. The van der Waals surface area contributed by atoms with Gasteiger partial charge in [0, 0.05) is 10.9 Å². The molecule has 3 heteroatoms. The van der Waals surface area contributed by atoms with Crippen molar-refractivity contribution in [3.63, 3.8) is 0 Å². The zero-order valence-corrected chi connectivity index (χ0v) is 11.8. The number of halogens is 2. The van der Waals surface area contributed by atoms with E-state index in [9.17, 15) is 9.50 Å². The van der Waals surface area contributed by atoms with Gasteiger partial charge in [0.05, 0.1) is 5.60 Å². The van der Waals surface area contributed by atoms with Crippen LogP contribution in [0.15, 0.2) is 22.7 Å². The zero-order valence-electron chi connectivity index (χ0n) is 10.3. The normalized spacial score (nSPS) is 27.4. The number of aliphatic hydroxyl groups is 1. The lowest BCUT2D eigenvalue weighted by Gasteiger charge is -2.25. The van der Waals surface area contributed by atoms with E-state index < -0.39 is 5.60 Å². The van der Waals surface area contributed by atoms with Gasteiger partial charge in [0.1, 0.15) is 5.82 Å². The first kappa shape index (κ1) is 13.0. The Morgan fingerprint density at radius 3 is 2.65 bits per heavy atom. The second-order valence-corrected chi connectivity index (χ2v) is 6.89. The van der Waals surface area contributed by atoms with E-state index in [1.54, 1.807) is 12.1 Å². The third-order valence-corrected chi connectivity index (χ3v) is 4.10. The summed E-state index contributed by atoms with van der Waals surface area (Å²) in [5.41, 5.74) is 0.0158. The zero-order chi connectivity index (χ0) is 12.7. The molecule has 0 amide bonds. The van der Waals surface area contributed by atoms with E-state index in [4.69, 9.17) is 0 Å². The first-order valence-corrected chi connectivity index (χ1v) is 6.75. The Hall–Kier alpha value is -0.410. The molecule has 1 aromatic rings. The molecule has 0 heterocycles. The van der Waals surface area contributed by atoms with Crippen molar-refractivity contribution >= 4 is 15.9 Å². The lowest BCUT2D eigenvalue weighted by molar-refractivity contribution is 0.0370. The Labute approximate surface area is 110 Å². The predicted molar refractivity (Wildman–Crippen MR) is 70.4 cm³/mol. The fraction of sp³-hybridized carbons (Fsp3) is 0.571. The molecule has 1 unspecified atom stereocenters. The highest BCUT2D eigenvalue weighted by Crippen LogP contribution is 2.45. The van der Waals surface area contributed by atoms with Crippen molar-refractivity contribution in [1.29, 1.82) is 0 Å². The van der Waals surface area contributed by atoms with E-state index in [2.05, 4.69) is 29.8 Å². The fourth-order valence-electron chi connectivity index (χ4n) is 2.82. The second kappa shape index (κ2) is 4.36. The maximum atomic E-state index is 13.7. The second-order valence-electron chi connectivity index (χ2n) is 5.98. The van der Waals surface area contributed by atoms with Gasteiger partial charge in [-0.3, -0.25) is 0 Å². The van der Waals surface area contributed by atoms with E-state index in [0.717, 1.165) is 23.7 Å². The highest BCUT2D eigenvalue weighted by atomic mass is 79.9. The van der Waals surface area contributed by atoms with Crippen LogP contribution in [0.4, 0.5) is 4.39 Å². The van der Waals surface area contributed by atoms with Crippen molar-refractivity contribution in [1.82, 2.24) is 0 Å². The molecule has 1 aliphatic carbocycles. The van der Waals surface area contributed by atoms with Crippen LogP contribution in [0.25, 0.3) is 0 Å². The van der Waals surface area contributed by atoms with Crippen LogP contribution in [0.5, 0.6) is 0 Å². The SMILES string of the molecule is CC1(C)CCC(O)(Cc2cc(Br)ccc2F)C1. The molecular formula is C14H18BrFO. The number of hydrogen-bond acceptors (Lipinski definition) is 1. The van der Waals surface area contributed by atoms with E-state index in [0.29, 0.717) is 12.0 Å². The summed E-state index contributed by atoms with van der Waals surface area (Å²) in [5.74, 6) is -0.230. The standard InChI is InChI=1S/C14H18BrFO/c1-13(2)5-6-14(17,9-13)8-10-7-11(15)3-4-12(10)16/h3-4,7,17H,5-6,8-9H2,1-2H3. The molecule has 0 saturated heterocycles. The smallest absolute Gasteiger partial charge is 0.126 e. The molecule has 1 aromatic carbocycles.